The van der Waals surface area contributed by atoms with Crippen molar-refractivity contribution in [2.24, 2.45) is 4.99 Å². The van der Waals surface area contributed by atoms with Crippen LogP contribution in [0.2, 0.25) is 0 Å². The van der Waals surface area contributed by atoms with Gasteiger partial charge in [-0.15, -0.1) is 0 Å². The van der Waals surface area contributed by atoms with Gasteiger partial charge in [0.1, 0.15) is 11.2 Å². The molecule has 0 N–H and O–H groups in total. The van der Waals surface area contributed by atoms with Gasteiger partial charge in [-0.3, -0.25) is 0 Å². The first-order chi connectivity index (χ1) is 7.15. The summed E-state index contributed by atoms with van der Waals surface area (Å²) in [5.41, 5.74) is 1.13. The number of imidazole rings is 1. The number of carbonyl (C=O) groups excluding carboxylic acids is 1. The van der Waals surface area contributed by atoms with Crippen molar-refractivity contribution in [3.05, 3.63) is 36.3 Å². The van der Waals surface area contributed by atoms with Crippen molar-refractivity contribution in [2.75, 3.05) is 0 Å². The quantitative estimate of drug-likeness (QED) is 0.550. The van der Waals surface area contributed by atoms with Gasteiger partial charge in [-0.05, 0) is 26.0 Å². The van der Waals surface area contributed by atoms with Gasteiger partial charge in [0.15, 0.2) is 0 Å². The lowest BCUT2D eigenvalue weighted by atomic mass is 10.0. The Morgan fingerprint density at radius 3 is 3.00 bits per heavy atom. The molecule has 4 heteroatoms. The summed E-state index contributed by atoms with van der Waals surface area (Å²) in [6.45, 7) is 3.71. The molecule has 0 aromatic carbocycles. The number of hydrogen-bond acceptors (Lipinski definition) is 3. The fraction of sp³-hybridized carbons (Fsp3) is 0.273. The van der Waals surface area contributed by atoms with Crippen LogP contribution in [0.5, 0.6) is 0 Å². The van der Waals surface area contributed by atoms with E-state index >= 15 is 0 Å². The van der Waals surface area contributed by atoms with Crippen molar-refractivity contribution in [3.63, 3.8) is 0 Å². The van der Waals surface area contributed by atoms with E-state index in [1.807, 2.05) is 42.6 Å². The number of rotatable bonds is 2. The van der Waals surface area contributed by atoms with Gasteiger partial charge in [0.2, 0.25) is 6.08 Å². The van der Waals surface area contributed by atoms with E-state index in [2.05, 4.69) is 9.98 Å². The molecule has 76 valence electrons. The number of fused-ring (bicyclic) bond motifs is 1. The summed E-state index contributed by atoms with van der Waals surface area (Å²) >= 11 is 0. The fourth-order valence-corrected chi connectivity index (χ4v) is 1.56. The van der Waals surface area contributed by atoms with Crippen molar-refractivity contribution < 1.29 is 4.79 Å². The lowest BCUT2D eigenvalue weighted by Gasteiger charge is -2.16. The molecule has 2 rings (SSSR count). The monoisotopic (exact) mass is 201 g/mol. The highest BCUT2D eigenvalue weighted by molar-refractivity contribution is 5.43. The van der Waals surface area contributed by atoms with E-state index in [9.17, 15) is 4.79 Å². The molecule has 4 nitrogen and oxygen atoms in total. The SMILES string of the molecule is CC(C)(N=C=O)c1cnc2ccccn12. The molecule has 2 heterocycles. The zero-order chi connectivity index (χ0) is 10.9. The average molecular weight is 201 g/mol. The second kappa shape index (κ2) is 3.33. The van der Waals surface area contributed by atoms with Crippen LogP contribution in [0.4, 0.5) is 0 Å². The Balaban J connectivity index is 2.67. The van der Waals surface area contributed by atoms with Crippen molar-refractivity contribution in [1.82, 2.24) is 9.38 Å². The third kappa shape index (κ3) is 1.55. The third-order valence-corrected chi connectivity index (χ3v) is 2.37. The van der Waals surface area contributed by atoms with E-state index < -0.39 is 5.54 Å². The van der Waals surface area contributed by atoms with Crippen molar-refractivity contribution in [1.29, 1.82) is 0 Å². The molecule has 2 aromatic heterocycles. The molecule has 0 unspecified atom stereocenters. The molecule has 0 saturated carbocycles. The maximum absolute atomic E-state index is 10.3. The summed E-state index contributed by atoms with van der Waals surface area (Å²) < 4.78 is 1.92. The Hall–Kier alpha value is -1.93. The molecule has 0 spiro atoms. The molecule has 0 amide bonds. The van der Waals surface area contributed by atoms with Crippen molar-refractivity contribution in [3.8, 4) is 0 Å². The lowest BCUT2D eigenvalue weighted by Crippen LogP contribution is -2.16. The Bertz CT molecular complexity index is 536. The molecule has 0 saturated heterocycles. The van der Waals surface area contributed by atoms with Crippen molar-refractivity contribution >= 4 is 11.7 Å². The first-order valence-electron chi connectivity index (χ1n) is 4.67. The zero-order valence-electron chi connectivity index (χ0n) is 8.64. The summed E-state index contributed by atoms with van der Waals surface area (Å²) in [6.07, 6.45) is 5.23. The highest BCUT2D eigenvalue weighted by atomic mass is 16.1. The minimum atomic E-state index is -0.595. The molecule has 0 radical (unpaired) electrons. The molecule has 2 aromatic rings. The summed E-state index contributed by atoms with van der Waals surface area (Å²) in [7, 11) is 0. The van der Waals surface area contributed by atoms with E-state index in [1.54, 1.807) is 12.3 Å². The van der Waals surface area contributed by atoms with Gasteiger partial charge in [0.25, 0.3) is 0 Å². The van der Waals surface area contributed by atoms with Crippen LogP contribution < -0.4 is 0 Å². The largest absolute Gasteiger partial charge is 0.302 e. The molecular formula is C11H11N3O. The predicted molar refractivity (Wildman–Crippen MR) is 56.3 cm³/mol. The van der Waals surface area contributed by atoms with E-state index in [-0.39, 0.29) is 0 Å². The minimum Gasteiger partial charge on any atom is -0.302 e. The molecule has 0 bridgehead atoms. The zero-order valence-corrected chi connectivity index (χ0v) is 8.64. The Morgan fingerprint density at radius 2 is 2.27 bits per heavy atom. The van der Waals surface area contributed by atoms with Crippen LogP contribution in [0, 0.1) is 0 Å². The summed E-state index contributed by atoms with van der Waals surface area (Å²) in [6, 6.07) is 5.74. The summed E-state index contributed by atoms with van der Waals surface area (Å²) in [4.78, 5) is 18.4. The van der Waals surface area contributed by atoms with Gasteiger partial charge in [0, 0.05) is 6.20 Å². The third-order valence-electron chi connectivity index (χ3n) is 2.37. The molecular weight excluding hydrogens is 190 g/mol. The maximum Gasteiger partial charge on any atom is 0.235 e. The number of aliphatic imine (C=N–C) groups is 1. The van der Waals surface area contributed by atoms with Gasteiger partial charge in [-0.2, -0.15) is 4.99 Å². The molecule has 0 atom stereocenters. The normalized spacial score (nSPS) is 11.3. The van der Waals surface area contributed by atoms with Gasteiger partial charge in [0.05, 0.1) is 11.9 Å². The summed E-state index contributed by atoms with van der Waals surface area (Å²) in [5.74, 6) is 0. The average Bonchev–Trinajstić information content (AvgIpc) is 2.61. The van der Waals surface area contributed by atoms with Crippen LogP contribution in [0.15, 0.2) is 35.6 Å². The molecule has 0 aliphatic carbocycles. The van der Waals surface area contributed by atoms with E-state index in [0.29, 0.717) is 0 Å². The van der Waals surface area contributed by atoms with E-state index in [1.165, 1.54) is 0 Å². The smallest absolute Gasteiger partial charge is 0.235 e. The highest BCUT2D eigenvalue weighted by Gasteiger charge is 2.23. The van der Waals surface area contributed by atoms with Crippen LogP contribution in [0.1, 0.15) is 19.5 Å². The maximum atomic E-state index is 10.3. The predicted octanol–water partition coefficient (Wildman–Crippen LogP) is 1.91. The first-order valence-corrected chi connectivity index (χ1v) is 4.67. The van der Waals surface area contributed by atoms with Crippen LogP contribution in [-0.2, 0) is 10.3 Å². The lowest BCUT2D eigenvalue weighted by molar-refractivity contribution is 0.509. The number of isocyanates is 1. The molecule has 0 aliphatic heterocycles. The molecule has 0 aliphatic rings. The van der Waals surface area contributed by atoms with Gasteiger partial charge >= 0.3 is 0 Å². The standard InChI is InChI=1S/C11H11N3O/c1-11(2,13-8-15)9-7-12-10-5-3-4-6-14(9)10/h3-7H,1-2H3. The Kier molecular flexibility index (Phi) is 2.14. The Morgan fingerprint density at radius 1 is 1.47 bits per heavy atom. The van der Waals surface area contributed by atoms with E-state index in [4.69, 9.17) is 0 Å². The second-order valence-electron chi connectivity index (χ2n) is 3.83. The van der Waals surface area contributed by atoms with E-state index in [0.717, 1.165) is 11.3 Å². The van der Waals surface area contributed by atoms with Crippen LogP contribution >= 0.6 is 0 Å². The molecule has 0 fully saturated rings. The van der Waals surface area contributed by atoms with Crippen molar-refractivity contribution in [2.45, 2.75) is 19.4 Å². The fourth-order valence-electron chi connectivity index (χ4n) is 1.56. The van der Waals surface area contributed by atoms with Gasteiger partial charge in [-0.25, -0.2) is 9.78 Å². The van der Waals surface area contributed by atoms with Gasteiger partial charge in [-0.1, -0.05) is 6.07 Å². The first kappa shape index (κ1) is 9.62. The molecule has 15 heavy (non-hydrogen) atoms. The minimum absolute atomic E-state index is 0.595. The Labute approximate surface area is 87.3 Å². The number of nitrogens with zero attached hydrogens (tertiary/aromatic N) is 3. The number of pyridine rings is 1. The number of aromatic nitrogens is 2. The number of hydrogen-bond donors (Lipinski definition) is 0. The van der Waals surface area contributed by atoms with Gasteiger partial charge < -0.3 is 4.40 Å². The summed E-state index contributed by atoms with van der Waals surface area (Å²) in [5, 5.41) is 0. The topological polar surface area (TPSA) is 46.7 Å². The van der Waals surface area contributed by atoms with Crippen LogP contribution in [0.3, 0.4) is 0 Å². The highest BCUT2D eigenvalue weighted by Crippen LogP contribution is 2.24. The second-order valence-corrected chi connectivity index (χ2v) is 3.83. The van der Waals surface area contributed by atoms with Crippen LogP contribution in [0.25, 0.3) is 5.65 Å². The van der Waals surface area contributed by atoms with Crippen LogP contribution in [-0.4, -0.2) is 15.5 Å².